The van der Waals surface area contributed by atoms with Gasteiger partial charge in [-0.1, -0.05) is 12.1 Å². The molecule has 3 aromatic rings. The lowest BCUT2D eigenvalue weighted by atomic mass is 10.2. The van der Waals surface area contributed by atoms with Crippen molar-refractivity contribution in [2.45, 2.75) is 23.6 Å². The number of nitrogens with one attached hydrogen (secondary N) is 1. The van der Waals surface area contributed by atoms with E-state index in [1.807, 2.05) is 47.4 Å². The Balaban J connectivity index is 1.26. The molecule has 2 atom stereocenters. The van der Waals surface area contributed by atoms with Crippen LogP contribution < -0.4 is 15.4 Å². The van der Waals surface area contributed by atoms with Crippen molar-refractivity contribution in [3.8, 4) is 5.75 Å². The Kier molecular flexibility index (Phi) is 5.64. The second kappa shape index (κ2) is 8.55. The summed E-state index contributed by atoms with van der Waals surface area (Å²) in [7, 11) is 0. The Morgan fingerprint density at radius 2 is 1.87 bits per heavy atom. The number of rotatable bonds is 6. The van der Waals surface area contributed by atoms with E-state index in [1.165, 1.54) is 25.9 Å². The van der Waals surface area contributed by atoms with Crippen LogP contribution in [0.5, 0.6) is 5.75 Å². The maximum atomic E-state index is 8.76. The van der Waals surface area contributed by atoms with Gasteiger partial charge < -0.3 is 15.4 Å². The maximum absolute atomic E-state index is 8.76. The number of fused-ring (bicyclic) bond motifs is 1. The molecule has 156 valence electrons. The lowest BCUT2D eigenvalue weighted by molar-refractivity contribution is 0.238. The number of aromatic nitrogens is 1. The summed E-state index contributed by atoms with van der Waals surface area (Å²) < 4.78 is 7.05. The molecule has 2 fully saturated rings. The van der Waals surface area contributed by atoms with Gasteiger partial charge in [0.25, 0.3) is 0 Å². The van der Waals surface area contributed by atoms with Crippen molar-refractivity contribution in [1.29, 1.82) is 5.41 Å². The zero-order chi connectivity index (χ0) is 20.5. The number of amidine groups is 1. The molecule has 2 aliphatic rings. The van der Waals surface area contributed by atoms with Crippen LogP contribution in [0.3, 0.4) is 0 Å². The van der Waals surface area contributed by atoms with E-state index in [4.69, 9.17) is 20.9 Å². The third-order valence-corrected chi connectivity index (χ3v) is 8.02. The van der Waals surface area contributed by atoms with Gasteiger partial charge in [0.15, 0.2) is 0 Å². The minimum atomic E-state index is -0.309. The molecule has 2 aliphatic heterocycles. The van der Waals surface area contributed by atoms with Crippen molar-refractivity contribution >= 4 is 44.8 Å². The fourth-order valence-corrected chi connectivity index (χ4v) is 6.30. The van der Waals surface area contributed by atoms with E-state index >= 15 is 0 Å². The third kappa shape index (κ3) is 3.92. The summed E-state index contributed by atoms with van der Waals surface area (Å²) in [4.78, 5) is 9.07. The molecule has 0 aliphatic carbocycles. The van der Waals surface area contributed by atoms with Gasteiger partial charge in [0.1, 0.15) is 33.9 Å². The van der Waals surface area contributed by atoms with Gasteiger partial charge in [-0.05, 0) is 62.3 Å². The molecule has 2 aromatic carbocycles. The van der Waals surface area contributed by atoms with Crippen LogP contribution in [0, 0.1) is 5.41 Å². The van der Waals surface area contributed by atoms with Gasteiger partial charge in [0.05, 0.1) is 10.2 Å². The normalized spacial score (nSPS) is 22.3. The minimum absolute atomic E-state index is 0.145. The fraction of sp³-hybridized carbons (Fsp3) is 0.364. The minimum Gasteiger partial charge on any atom is -0.492 e. The Morgan fingerprint density at radius 3 is 2.63 bits per heavy atom. The van der Waals surface area contributed by atoms with E-state index in [1.54, 1.807) is 23.1 Å². The number of hydrogen-bond donors (Lipinski definition) is 2. The molecule has 3 N–H and O–H groups in total. The predicted molar refractivity (Wildman–Crippen MR) is 126 cm³/mol. The Morgan fingerprint density at radius 1 is 1.10 bits per heavy atom. The maximum Gasteiger partial charge on any atom is 0.132 e. The van der Waals surface area contributed by atoms with Crippen LogP contribution in [0.25, 0.3) is 10.2 Å². The zero-order valence-corrected chi connectivity index (χ0v) is 18.3. The summed E-state index contributed by atoms with van der Waals surface area (Å²) in [6, 6.07) is 16.0. The average molecular weight is 440 g/mol. The Bertz CT molecular complexity index is 998. The molecular weight excluding hydrogens is 414 g/mol. The average Bonchev–Trinajstić information content (AvgIpc) is 3.48. The van der Waals surface area contributed by atoms with Crippen LogP contribution in [0.15, 0.2) is 48.5 Å². The number of nitrogens with two attached hydrogens (primary N) is 1. The zero-order valence-electron chi connectivity index (χ0n) is 16.7. The molecule has 0 bridgehead atoms. The topological polar surface area (TPSA) is 78.5 Å². The molecule has 5 rings (SSSR count). The van der Waals surface area contributed by atoms with Gasteiger partial charge in [-0.25, -0.2) is 4.98 Å². The van der Waals surface area contributed by atoms with E-state index in [2.05, 4.69) is 11.0 Å². The number of thiazole rings is 1. The van der Waals surface area contributed by atoms with Crippen molar-refractivity contribution in [2.75, 3.05) is 31.1 Å². The summed E-state index contributed by atoms with van der Waals surface area (Å²) in [5.41, 5.74) is 7.98. The molecule has 0 amide bonds. The quantitative estimate of drug-likeness (QED) is 0.597. The number of hydrogen-bond acceptors (Lipinski definition) is 7. The van der Waals surface area contributed by atoms with Gasteiger partial charge in [0.2, 0.25) is 0 Å². The molecule has 0 radical (unpaired) electrons. The number of anilines is 1. The van der Waals surface area contributed by atoms with Crippen LogP contribution in [-0.4, -0.2) is 47.5 Å². The van der Waals surface area contributed by atoms with Crippen molar-refractivity contribution in [1.82, 2.24) is 9.88 Å². The molecule has 1 aromatic heterocycles. The first-order chi connectivity index (χ1) is 14.7. The highest BCUT2D eigenvalue weighted by Crippen LogP contribution is 2.45. The standard InChI is InChI=1S/C22H25N5OS2/c23-20-19(21-25-17-5-1-2-6-18(17)29-21)30-22(24)27(20)15-7-9-16(10-8-15)28-14-13-26-11-3-4-12-26/h1-2,5-10,19,22-23H,3-4,11-14,24H2. The van der Waals surface area contributed by atoms with Gasteiger partial charge >= 0.3 is 0 Å². The lowest BCUT2D eigenvalue weighted by Crippen LogP contribution is -2.38. The molecular formula is C22H25N5OS2. The van der Waals surface area contributed by atoms with Gasteiger partial charge in [-0.2, -0.15) is 0 Å². The molecule has 2 saturated heterocycles. The first kappa shape index (κ1) is 19.8. The van der Waals surface area contributed by atoms with Gasteiger partial charge in [-0.3, -0.25) is 10.3 Å². The summed E-state index contributed by atoms with van der Waals surface area (Å²) in [6.07, 6.45) is 2.60. The van der Waals surface area contributed by atoms with Gasteiger partial charge in [-0.15, -0.1) is 23.1 Å². The molecule has 2 unspecified atom stereocenters. The Labute approximate surface area is 184 Å². The van der Waals surface area contributed by atoms with Crippen molar-refractivity contribution in [2.24, 2.45) is 5.73 Å². The molecule has 0 saturated carbocycles. The lowest BCUT2D eigenvalue weighted by Gasteiger charge is -2.22. The highest BCUT2D eigenvalue weighted by Gasteiger charge is 2.39. The first-order valence-electron chi connectivity index (χ1n) is 10.3. The third-order valence-electron chi connectivity index (χ3n) is 5.56. The molecule has 3 heterocycles. The van der Waals surface area contributed by atoms with Gasteiger partial charge in [0, 0.05) is 12.2 Å². The predicted octanol–water partition coefficient (Wildman–Crippen LogP) is 4.28. The van der Waals surface area contributed by atoms with Crippen LogP contribution in [-0.2, 0) is 0 Å². The smallest absolute Gasteiger partial charge is 0.132 e. The summed E-state index contributed by atoms with van der Waals surface area (Å²) in [5.74, 6) is 1.34. The second-order valence-corrected chi connectivity index (χ2v) is 9.86. The highest BCUT2D eigenvalue weighted by atomic mass is 32.2. The summed E-state index contributed by atoms with van der Waals surface area (Å²) in [6.45, 7) is 4.05. The molecule has 8 heteroatoms. The highest BCUT2D eigenvalue weighted by molar-refractivity contribution is 8.01. The number of thioether (sulfide) groups is 1. The SMILES string of the molecule is N=C1C(c2nc3ccccc3s2)SC(N)N1c1ccc(OCCN2CCCC2)cc1. The second-order valence-electron chi connectivity index (χ2n) is 7.57. The number of para-hydroxylation sites is 1. The van der Waals surface area contributed by atoms with E-state index in [0.717, 1.165) is 33.2 Å². The number of ether oxygens (including phenoxy) is 1. The summed E-state index contributed by atoms with van der Waals surface area (Å²) >= 11 is 3.21. The Hall–Kier alpha value is -2.13. The van der Waals surface area contributed by atoms with E-state index < -0.39 is 0 Å². The van der Waals surface area contributed by atoms with E-state index in [0.29, 0.717) is 12.4 Å². The largest absolute Gasteiger partial charge is 0.492 e. The van der Waals surface area contributed by atoms with Crippen molar-refractivity contribution < 1.29 is 4.74 Å². The first-order valence-corrected chi connectivity index (χ1v) is 12.0. The number of nitrogens with zero attached hydrogens (tertiary/aromatic N) is 3. The fourth-order valence-electron chi connectivity index (χ4n) is 3.99. The van der Waals surface area contributed by atoms with Crippen LogP contribution >= 0.6 is 23.1 Å². The number of likely N-dealkylation sites (tertiary alicyclic amines) is 1. The molecule has 0 spiro atoms. The van der Waals surface area contributed by atoms with Crippen LogP contribution in [0.2, 0.25) is 0 Å². The molecule has 30 heavy (non-hydrogen) atoms. The van der Waals surface area contributed by atoms with Crippen LogP contribution in [0.1, 0.15) is 23.1 Å². The number of benzene rings is 2. The monoisotopic (exact) mass is 439 g/mol. The van der Waals surface area contributed by atoms with Crippen molar-refractivity contribution in [3.05, 3.63) is 53.5 Å². The van der Waals surface area contributed by atoms with E-state index in [9.17, 15) is 0 Å². The molecule has 6 nitrogen and oxygen atoms in total. The van der Waals surface area contributed by atoms with Crippen molar-refractivity contribution in [3.63, 3.8) is 0 Å². The van der Waals surface area contributed by atoms with E-state index in [-0.39, 0.29) is 10.7 Å². The van der Waals surface area contributed by atoms with Crippen LogP contribution in [0.4, 0.5) is 5.69 Å². The summed E-state index contributed by atoms with van der Waals surface area (Å²) in [5, 5.41) is 9.55.